The van der Waals surface area contributed by atoms with Gasteiger partial charge in [-0.2, -0.15) is 5.26 Å². The fourth-order valence-electron chi connectivity index (χ4n) is 3.54. The van der Waals surface area contributed by atoms with Gasteiger partial charge in [-0.25, -0.2) is 9.86 Å². The van der Waals surface area contributed by atoms with Gasteiger partial charge in [0.25, 0.3) is 5.91 Å². The predicted octanol–water partition coefficient (Wildman–Crippen LogP) is 2.69. The molecule has 0 spiro atoms. The van der Waals surface area contributed by atoms with E-state index in [1.165, 1.54) is 11.9 Å². The van der Waals surface area contributed by atoms with Gasteiger partial charge >= 0.3 is 6.03 Å². The third-order valence-electron chi connectivity index (χ3n) is 5.84. The summed E-state index contributed by atoms with van der Waals surface area (Å²) in [5.74, 6) is 0.0787. The number of carbonyl (C=O) groups excluding carboxylic acids is 3. The molecule has 4 amide bonds. The van der Waals surface area contributed by atoms with E-state index in [1.807, 2.05) is 36.4 Å². The normalized spacial score (nSPS) is 15.8. The van der Waals surface area contributed by atoms with Gasteiger partial charge in [-0.3, -0.25) is 19.7 Å². The molecule has 0 unspecified atom stereocenters. The number of ether oxygens (including phenoxy) is 1. The number of nitrogens with zero attached hydrogens (tertiary/aromatic N) is 4. The molecule has 9 nitrogen and oxygen atoms in total. The van der Waals surface area contributed by atoms with Gasteiger partial charge in [-0.1, -0.05) is 36.4 Å². The molecule has 1 aliphatic heterocycles. The Morgan fingerprint density at radius 2 is 1.88 bits per heavy atom. The number of hydrogen-bond acceptors (Lipinski definition) is 6. The monoisotopic (exact) mass is 450 g/mol. The molecule has 9 heteroatoms. The van der Waals surface area contributed by atoms with E-state index < -0.39 is 23.5 Å². The van der Waals surface area contributed by atoms with Gasteiger partial charge in [0.2, 0.25) is 6.41 Å². The molecule has 1 fully saturated rings. The molecule has 172 valence electrons. The topological polar surface area (TPSA) is 114 Å². The second-order valence-corrected chi connectivity index (χ2v) is 8.33. The Balaban J connectivity index is 1.69. The van der Waals surface area contributed by atoms with Gasteiger partial charge in [0, 0.05) is 7.05 Å². The summed E-state index contributed by atoms with van der Waals surface area (Å²) < 4.78 is 5.74. The van der Waals surface area contributed by atoms with Crippen molar-refractivity contribution in [3.05, 3.63) is 54.1 Å². The number of urea groups is 1. The molecular weight excluding hydrogens is 424 g/mol. The van der Waals surface area contributed by atoms with Crippen LogP contribution in [0.15, 0.2) is 48.5 Å². The second kappa shape index (κ2) is 9.71. The van der Waals surface area contributed by atoms with Crippen LogP contribution in [0.5, 0.6) is 5.75 Å². The van der Waals surface area contributed by atoms with Crippen LogP contribution in [0.3, 0.4) is 0 Å². The first-order valence-corrected chi connectivity index (χ1v) is 10.4. The molecule has 0 aliphatic carbocycles. The van der Waals surface area contributed by atoms with Gasteiger partial charge in [0.15, 0.2) is 0 Å². The zero-order valence-electron chi connectivity index (χ0n) is 18.8. The number of carbonyl (C=O) groups is 3. The molecule has 2 aromatic rings. The number of benzene rings is 2. The summed E-state index contributed by atoms with van der Waals surface area (Å²) in [4.78, 5) is 38.6. The fraction of sp³-hybridized carbons (Fsp3) is 0.333. The molecule has 1 aliphatic rings. The van der Waals surface area contributed by atoms with Crippen LogP contribution in [0.1, 0.15) is 19.4 Å². The summed E-state index contributed by atoms with van der Waals surface area (Å²) in [6.07, 6.45) is 0.547. The van der Waals surface area contributed by atoms with Crippen LogP contribution < -0.4 is 4.74 Å². The summed E-state index contributed by atoms with van der Waals surface area (Å²) >= 11 is 0. The molecule has 0 aromatic heterocycles. The maximum Gasteiger partial charge on any atom is 0.327 e. The molecule has 33 heavy (non-hydrogen) atoms. The summed E-state index contributed by atoms with van der Waals surface area (Å²) in [6.45, 7) is 2.93. The lowest BCUT2D eigenvalue weighted by molar-refractivity contribution is -0.165. The van der Waals surface area contributed by atoms with Crippen LogP contribution in [0.4, 0.5) is 4.79 Å². The molecule has 0 bridgehead atoms. The van der Waals surface area contributed by atoms with Crippen LogP contribution in [0, 0.1) is 11.3 Å². The third-order valence-corrected chi connectivity index (χ3v) is 5.84. The average molecular weight is 450 g/mol. The summed E-state index contributed by atoms with van der Waals surface area (Å²) in [5.41, 5.74) is 1.82. The lowest BCUT2D eigenvalue weighted by atomic mass is 10.0. The van der Waals surface area contributed by atoms with Gasteiger partial charge in [0.1, 0.15) is 23.9 Å². The lowest BCUT2D eigenvalue weighted by Gasteiger charge is -2.26. The SMILES string of the molecule is CN1C(=O)N(C[C@H](COc2ccc(-c3cccc(CC#N)c3)cc2)N(O)C=O)C(=O)C1(C)C. The van der Waals surface area contributed by atoms with Crippen LogP contribution in [0.25, 0.3) is 11.1 Å². The van der Waals surface area contributed by atoms with Crippen LogP contribution >= 0.6 is 0 Å². The molecule has 2 aromatic carbocycles. The standard InChI is InChI=1S/C24H26N4O5/c1-24(2)22(30)27(23(31)26(24)3)14-20(28(32)16-29)15-33-21-9-7-18(8-10-21)19-6-4-5-17(13-19)11-12-25/h4-10,13,16,20,32H,11,14-15H2,1-3H3/t20-/m1/s1. The van der Waals surface area contributed by atoms with E-state index in [-0.39, 0.29) is 19.6 Å². The number of nitriles is 1. The van der Waals surface area contributed by atoms with E-state index in [0.29, 0.717) is 17.2 Å². The maximum absolute atomic E-state index is 12.6. The highest BCUT2D eigenvalue weighted by molar-refractivity contribution is 6.06. The van der Waals surface area contributed by atoms with Crippen molar-refractivity contribution >= 4 is 18.3 Å². The largest absolute Gasteiger partial charge is 0.491 e. The second-order valence-electron chi connectivity index (χ2n) is 8.33. The zero-order chi connectivity index (χ0) is 24.2. The summed E-state index contributed by atoms with van der Waals surface area (Å²) in [6, 6.07) is 15.6. The molecule has 0 radical (unpaired) electrons. The van der Waals surface area contributed by atoms with Crippen LogP contribution in [-0.2, 0) is 16.0 Å². The lowest BCUT2D eigenvalue weighted by Crippen LogP contribution is -2.48. The minimum Gasteiger partial charge on any atom is -0.491 e. The van der Waals surface area contributed by atoms with Crippen molar-refractivity contribution in [2.24, 2.45) is 0 Å². The maximum atomic E-state index is 12.6. The first kappa shape index (κ1) is 23.8. The molecule has 3 rings (SSSR count). The Bertz CT molecular complexity index is 1080. The van der Waals surface area contributed by atoms with Crippen molar-refractivity contribution in [3.8, 4) is 22.9 Å². The first-order chi connectivity index (χ1) is 15.7. The van der Waals surface area contributed by atoms with Crippen LogP contribution in [-0.4, -0.2) is 70.2 Å². The Morgan fingerprint density at radius 1 is 1.18 bits per heavy atom. The van der Waals surface area contributed by atoms with Crippen molar-refractivity contribution in [1.82, 2.24) is 14.9 Å². The van der Waals surface area contributed by atoms with E-state index >= 15 is 0 Å². The number of hydrogen-bond donors (Lipinski definition) is 1. The molecule has 1 atom stereocenters. The van der Waals surface area contributed by atoms with Crippen molar-refractivity contribution in [2.45, 2.75) is 31.8 Å². The minimum absolute atomic E-state index is 0.132. The van der Waals surface area contributed by atoms with Crippen molar-refractivity contribution in [3.63, 3.8) is 0 Å². The third kappa shape index (κ3) is 4.96. The summed E-state index contributed by atoms with van der Waals surface area (Å²) in [5, 5.41) is 19.3. The van der Waals surface area contributed by atoms with Crippen molar-refractivity contribution in [1.29, 1.82) is 5.26 Å². The Hall–Kier alpha value is -3.90. The van der Waals surface area contributed by atoms with E-state index in [0.717, 1.165) is 21.6 Å². The highest BCUT2D eigenvalue weighted by atomic mass is 16.5. The first-order valence-electron chi connectivity index (χ1n) is 10.4. The number of hydroxylamine groups is 2. The smallest absolute Gasteiger partial charge is 0.327 e. The molecule has 1 saturated heterocycles. The quantitative estimate of drug-likeness (QED) is 0.272. The average Bonchev–Trinajstić information content (AvgIpc) is 2.96. The number of rotatable bonds is 9. The van der Waals surface area contributed by atoms with Gasteiger partial charge in [-0.15, -0.1) is 0 Å². The number of imide groups is 1. The van der Waals surface area contributed by atoms with Crippen molar-refractivity contribution < 1.29 is 24.3 Å². The molecule has 1 heterocycles. The fourth-order valence-corrected chi connectivity index (χ4v) is 3.54. The highest BCUT2D eigenvalue weighted by Crippen LogP contribution is 2.27. The van der Waals surface area contributed by atoms with Gasteiger partial charge in [0.05, 0.1) is 19.0 Å². The Kier molecular flexibility index (Phi) is 6.99. The summed E-state index contributed by atoms with van der Waals surface area (Å²) in [7, 11) is 1.53. The Morgan fingerprint density at radius 3 is 2.45 bits per heavy atom. The van der Waals surface area contributed by atoms with Gasteiger partial charge in [-0.05, 0) is 42.7 Å². The number of amides is 4. The van der Waals surface area contributed by atoms with Gasteiger partial charge < -0.3 is 9.64 Å². The highest BCUT2D eigenvalue weighted by Gasteiger charge is 2.50. The van der Waals surface area contributed by atoms with E-state index in [9.17, 15) is 19.6 Å². The van der Waals surface area contributed by atoms with E-state index in [4.69, 9.17) is 10.00 Å². The zero-order valence-corrected chi connectivity index (χ0v) is 18.8. The molecular formula is C24H26N4O5. The van der Waals surface area contributed by atoms with E-state index in [1.54, 1.807) is 26.0 Å². The Labute approximate surface area is 192 Å². The predicted molar refractivity (Wildman–Crippen MR) is 119 cm³/mol. The van der Waals surface area contributed by atoms with Crippen molar-refractivity contribution in [2.75, 3.05) is 20.2 Å². The minimum atomic E-state index is -1.01. The molecule has 1 N–H and O–H groups in total. The number of likely N-dealkylation sites (N-methyl/N-ethyl adjacent to an activating group) is 1. The molecule has 0 saturated carbocycles. The van der Waals surface area contributed by atoms with E-state index in [2.05, 4.69) is 6.07 Å². The van der Waals surface area contributed by atoms with Crippen LogP contribution in [0.2, 0.25) is 0 Å².